The molecular formula is C20H24FN3O3. The zero-order chi connectivity index (χ0) is 19.0. The van der Waals surface area contributed by atoms with Crippen LogP contribution in [-0.2, 0) is 4.79 Å². The molecule has 0 radical (unpaired) electrons. The Bertz CT molecular complexity index is 865. The second-order valence-corrected chi connectivity index (χ2v) is 7.56. The third kappa shape index (κ3) is 3.69. The number of likely N-dealkylation sites (tertiary alicyclic amines) is 2. The van der Waals surface area contributed by atoms with E-state index < -0.39 is 5.82 Å². The lowest BCUT2D eigenvalue weighted by Crippen LogP contribution is -2.42. The maximum absolute atomic E-state index is 13.5. The van der Waals surface area contributed by atoms with Crippen molar-refractivity contribution in [2.75, 3.05) is 26.2 Å². The average Bonchev–Trinajstić information content (AvgIpc) is 3.34. The summed E-state index contributed by atoms with van der Waals surface area (Å²) in [5.74, 6) is -0.506. The number of amides is 2. The Morgan fingerprint density at radius 2 is 2.15 bits per heavy atom. The average molecular weight is 373 g/mol. The third-order valence-corrected chi connectivity index (χ3v) is 5.62. The smallest absolute Gasteiger partial charge is 0.255 e. The molecule has 2 fully saturated rings. The Morgan fingerprint density at radius 3 is 2.93 bits per heavy atom. The van der Waals surface area contributed by atoms with Crippen molar-refractivity contribution in [2.24, 2.45) is 0 Å². The summed E-state index contributed by atoms with van der Waals surface area (Å²) < 4.78 is 18.8. The van der Waals surface area contributed by atoms with Crippen LogP contribution in [0.4, 0.5) is 4.39 Å². The van der Waals surface area contributed by atoms with Crippen LogP contribution in [0.1, 0.15) is 36.5 Å². The fourth-order valence-electron chi connectivity index (χ4n) is 4.12. The van der Waals surface area contributed by atoms with E-state index in [1.165, 1.54) is 24.5 Å². The molecule has 0 spiro atoms. The van der Waals surface area contributed by atoms with Crippen LogP contribution in [0.15, 0.2) is 28.9 Å². The largest absolute Gasteiger partial charge is 0.463 e. The van der Waals surface area contributed by atoms with Gasteiger partial charge in [-0.05, 0) is 44.4 Å². The van der Waals surface area contributed by atoms with Crippen LogP contribution in [0.3, 0.4) is 0 Å². The first-order valence-corrected chi connectivity index (χ1v) is 9.50. The number of hydrogen-bond donors (Lipinski definition) is 1. The number of carbonyl (C=O) groups excluding carboxylic acids is 2. The molecule has 0 unspecified atom stereocenters. The highest BCUT2D eigenvalue weighted by atomic mass is 19.1. The lowest BCUT2D eigenvalue weighted by atomic mass is 10.1. The first kappa shape index (κ1) is 18.0. The summed E-state index contributed by atoms with van der Waals surface area (Å²) in [4.78, 5) is 29.1. The Kier molecular flexibility index (Phi) is 4.86. The number of nitrogens with one attached hydrogen (secondary N) is 1. The molecule has 7 heteroatoms. The van der Waals surface area contributed by atoms with Gasteiger partial charge >= 0.3 is 0 Å². The second-order valence-electron chi connectivity index (χ2n) is 7.56. The fourth-order valence-corrected chi connectivity index (χ4v) is 4.12. The Hall–Kier alpha value is -2.41. The summed E-state index contributed by atoms with van der Waals surface area (Å²) in [6.07, 6.45) is 4.30. The van der Waals surface area contributed by atoms with Gasteiger partial charge in [-0.3, -0.25) is 14.5 Å². The van der Waals surface area contributed by atoms with E-state index in [0.29, 0.717) is 35.7 Å². The summed E-state index contributed by atoms with van der Waals surface area (Å²) in [6.45, 7) is 4.76. The maximum atomic E-state index is 13.5. The molecule has 2 aliphatic heterocycles. The van der Waals surface area contributed by atoms with Gasteiger partial charge in [-0.25, -0.2) is 4.39 Å². The van der Waals surface area contributed by atoms with Gasteiger partial charge in [0.25, 0.3) is 5.91 Å². The normalized spacial score (nSPS) is 23.3. The second kappa shape index (κ2) is 7.31. The number of furan rings is 1. The van der Waals surface area contributed by atoms with Crippen LogP contribution in [0, 0.1) is 5.82 Å². The minimum absolute atomic E-state index is 0.0280. The summed E-state index contributed by atoms with van der Waals surface area (Å²) in [7, 11) is 0. The molecule has 1 aromatic carbocycles. The quantitative estimate of drug-likeness (QED) is 0.894. The summed E-state index contributed by atoms with van der Waals surface area (Å²) in [5.41, 5.74) is 0.824. The molecule has 6 nitrogen and oxygen atoms in total. The standard InChI is InChI=1S/C20H24FN3O3/c1-13-3-2-7-24(13)19(25)11-23-8-6-15(10-23)22-20(26)17-12-27-18-5-4-14(21)9-16(17)18/h4-5,9,12-13,15H,2-3,6-8,10-11H2,1H3,(H,22,26)/t13-,15+/m1/s1. The van der Waals surface area contributed by atoms with E-state index in [4.69, 9.17) is 4.42 Å². The van der Waals surface area contributed by atoms with Gasteiger partial charge in [0.1, 0.15) is 17.7 Å². The highest BCUT2D eigenvalue weighted by molar-refractivity contribution is 6.06. The van der Waals surface area contributed by atoms with Crippen LogP contribution < -0.4 is 5.32 Å². The monoisotopic (exact) mass is 373 g/mol. The molecule has 3 heterocycles. The van der Waals surface area contributed by atoms with Crippen molar-refractivity contribution in [1.29, 1.82) is 0 Å². The maximum Gasteiger partial charge on any atom is 0.255 e. The molecule has 0 bridgehead atoms. The Morgan fingerprint density at radius 1 is 1.30 bits per heavy atom. The van der Waals surface area contributed by atoms with E-state index in [9.17, 15) is 14.0 Å². The van der Waals surface area contributed by atoms with Gasteiger partial charge in [-0.15, -0.1) is 0 Å². The van der Waals surface area contributed by atoms with E-state index in [1.54, 1.807) is 0 Å². The van der Waals surface area contributed by atoms with E-state index >= 15 is 0 Å². The zero-order valence-electron chi connectivity index (χ0n) is 15.4. The van der Waals surface area contributed by atoms with Crippen molar-refractivity contribution in [3.05, 3.63) is 35.8 Å². The van der Waals surface area contributed by atoms with Crippen molar-refractivity contribution >= 4 is 22.8 Å². The topological polar surface area (TPSA) is 65.8 Å². The molecule has 1 N–H and O–H groups in total. The summed E-state index contributed by atoms with van der Waals surface area (Å²) in [5, 5.41) is 3.46. The van der Waals surface area contributed by atoms with E-state index in [2.05, 4.69) is 17.1 Å². The molecule has 144 valence electrons. The van der Waals surface area contributed by atoms with Gasteiger partial charge in [0.15, 0.2) is 0 Å². The van der Waals surface area contributed by atoms with Crippen molar-refractivity contribution in [1.82, 2.24) is 15.1 Å². The van der Waals surface area contributed by atoms with Gasteiger partial charge < -0.3 is 14.6 Å². The van der Waals surface area contributed by atoms with Crippen molar-refractivity contribution in [2.45, 2.75) is 38.3 Å². The lowest BCUT2D eigenvalue weighted by molar-refractivity contribution is -0.132. The van der Waals surface area contributed by atoms with Gasteiger partial charge in [0.05, 0.1) is 12.1 Å². The number of nitrogens with zero attached hydrogens (tertiary/aromatic N) is 2. The van der Waals surface area contributed by atoms with Gasteiger partial charge in [0, 0.05) is 37.1 Å². The number of hydrogen-bond acceptors (Lipinski definition) is 4. The highest BCUT2D eigenvalue weighted by Crippen LogP contribution is 2.23. The summed E-state index contributed by atoms with van der Waals surface area (Å²) >= 11 is 0. The van der Waals surface area contributed by atoms with Crippen LogP contribution in [0.5, 0.6) is 0 Å². The molecule has 2 aliphatic rings. The number of rotatable bonds is 4. The van der Waals surface area contributed by atoms with Gasteiger partial charge in [-0.2, -0.15) is 0 Å². The number of benzene rings is 1. The number of fused-ring (bicyclic) bond motifs is 1. The van der Waals surface area contributed by atoms with Crippen molar-refractivity contribution in [3.8, 4) is 0 Å². The third-order valence-electron chi connectivity index (χ3n) is 5.62. The molecule has 0 saturated carbocycles. The fraction of sp³-hybridized carbons (Fsp3) is 0.500. The molecule has 27 heavy (non-hydrogen) atoms. The summed E-state index contributed by atoms with van der Waals surface area (Å²) in [6, 6.07) is 4.43. The van der Waals surface area contributed by atoms with Crippen LogP contribution in [-0.4, -0.2) is 59.9 Å². The zero-order valence-corrected chi connectivity index (χ0v) is 15.4. The minimum Gasteiger partial charge on any atom is -0.463 e. The molecule has 4 rings (SSSR count). The molecule has 2 amide bonds. The van der Waals surface area contributed by atoms with Gasteiger partial charge in [0.2, 0.25) is 5.91 Å². The minimum atomic E-state index is -0.403. The first-order valence-electron chi connectivity index (χ1n) is 9.50. The first-order chi connectivity index (χ1) is 13.0. The molecule has 2 atom stereocenters. The molecule has 2 saturated heterocycles. The van der Waals surface area contributed by atoms with Gasteiger partial charge in [-0.1, -0.05) is 0 Å². The Balaban J connectivity index is 1.34. The number of carbonyl (C=O) groups is 2. The molecule has 2 aromatic rings. The predicted octanol–water partition coefficient (Wildman–Crippen LogP) is 2.39. The molecule has 0 aliphatic carbocycles. The van der Waals surface area contributed by atoms with E-state index in [0.717, 1.165) is 32.4 Å². The number of halogens is 1. The van der Waals surface area contributed by atoms with Crippen molar-refractivity contribution < 1.29 is 18.4 Å². The lowest BCUT2D eigenvalue weighted by Gasteiger charge is -2.24. The van der Waals surface area contributed by atoms with Crippen LogP contribution in [0.25, 0.3) is 11.0 Å². The molecule has 1 aromatic heterocycles. The van der Waals surface area contributed by atoms with Crippen LogP contribution in [0.2, 0.25) is 0 Å². The van der Waals surface area contributed by atoms with Crippen LogP contribution >= 0.6 is 0 Å². The van der Waals surface area contributed by atoms with E-state index in [1.807, 2.05) is 4.90 Å². The highest BCUT2D eigenvalue weighted by Gasteiger charge is 2.30. The Labute approximate surface area is 157 Å². The predicted molar refractivity (Wildman–Crippen MR) is 98.9 cm³/mol. The molecular weight excluding hydrogens is 349 g/mol. The SMILES string of the molecule is C[C@@H]1CCCN1C(=O)CN1CC[C@H](NC(=O)c2coc3ccc(F)cc23)C1. The van der Waals surface area contributed by atoms with Crippen molar-refractivity contribution in [3.63, 3.8) is 0 Å². The van der Waals surface area contributed by atoms with E-state index in [-0.39, 0.29) is 17.9 Å².